The highest BCUT2D eigenvalue weighted by molar-refractivity contribution is 7.14. The predicted molar refractivity (Wildman–Crippen MR) is 117 cm³/mol. The topological polar surface area (TPSA) is 78.7 Å². The zero-order valence-corrected chi connectivity index (χ0v) is 17.9. The molecule has 1 saturated heterocycles. The number of hydrogen-bond donors (Lipinski definition) is 1. The molecule has 1 aliphatic heterocycles. The van der Waals surface area contributed by atoms with Gasteiger partial charge in [-0.2, -0.15) is 0 Å². The SMILES string of the molecule is Cc1ccc(-c2csc(NC(=O)CN3CCN(C(=O)c4ccco4)CC3)n2)cc1C. The van der Waals surface area contributed by atoms with Crippen LogP contribution in [0.25, 0.3) is 11.3 Å². The van der Waals surface area contributed by atoms with E-state index in [1.165, 1.54) is 28.7 Å². The monoisotopic (exact) mass is 424 g/mol. The lowest BCUT2D eigenvalue weighted by Gasteiger charge is -2.33. The van der Waals surface area contributed by atoms with Gasteiger partial charge in [0.05, 0.1) is 18.5 Å². The van der Waals surface area contributed by atoms with Crippen molar-refractivity contribution in [1.29, 1.82) is 0 Å². The highest BCUT2D eigenvalue weighted by atomic mass is 32.1. The number of nitrogens with one attached hydrogen (secondary N) is 1. The average molecular weight is 425 g/mol. The number of piperazine rings is 1. The number of aryl methyl sites for hydroxylation is 2. The van der Waals surface area contributed by atoms with Crippen molar-refractivity contribution >= 4 is 28.3 Å². The Morgan fingerprint density at radius 1 is 1.13 bits per heavy atom. The highest BCUT2D eigenvalue weighted by Gasteiger charge is 2.24. The van der Waals surface area contributed by atoms with Gasteiger partial charge in [0.2, 0.25) is 5.91 Å². The van der Waals surface area contributed by atoms with E-state index in [9.17, 15) is 9.59 Å². The minimum absolute atomic E-state index is 0.0956. The Hall–Kier alpha value is -2.97. The molecule has 0 spiro atoms. The Balaban J connectivity index is 1.28. The average Bonchev–Trinajstić information content (AvgIpc) is 3.42. The summed E-state index contributed by atoms with van der Waals surface area (Å²) >= 11 is 1.42. The molecule has 156 valence electrons. The van der Waals surface area contributed by atoms with E-state index in [4.69, 9.17) is 4.42 Å². The van der Waals surface area contributed by atoms with Crippen LogP contribution in [0.5, 0.6) is 0 Å². The van der Waals surface area contributed by atoms with E-state index in [2.05, 4.69) is 36.3 Å². The van der Waals surface area contributed by atoms with E-state index >= 15 is 0 Å². The van der Waals surface area contributed by atoms with Gasteiger partial charge in [-0.25, -0.2) is 4.98 Å². The maximum Gasteiger partial charge on any atom is 0.289 e. The molecule has 2 aromatic heterocycles. The molecule has 0 unspecified atom stereocenters. The number of carbonyl (C=O) groups is 2. The molecule has 7 nitrogen and oxygen atoms in total. The number of hydrogen-bond acceptors (Lipinski definition) is 6. The van der Waals surface area contributed by atoms with Crippen LogP contribution in [0.3, 0.4) is 0 Å². The number of carbonyl (C=O) groups excluding carboxylic acids is 2. The second-order valence-corrected chi connectivity index (χ2v) is 8.29. The zero-order chi connectivity index (χ0) is 21.1. The second-order valence-electron chi connectivity index (χ2n) is 7.43. The van der Waals surface area contributed by atoms with Gasteiger partial charge in [0.25, 0.3) is 5.91 Å². The van der Waals surface area contributed by atoms with Crippen molar-refractivity contribution < 1.29 is 14.0 Å². The number of furan rings is 1. The summed E-state index contributed by atoms with van der Waals surface area (Å²) in [7, 11) is 0. The summed E-state index contributed by atoms with van der Waals surface area (Å²) in [5.74, 6) is 0.150. The lowest BCUT2D eigenvalue weighted by atomic mass is 10.1. The fraction of sp³-hybridized carbons (Fsp3) is 0.318. The summed E-state index contributed by atoms with van der Waals surface area (Å²) in [4.78, 5) is 33.1. The minimum atomic E-state index is -0.106. The van der Waals surface area contributed by atoms with Crippen molar-refractivity contribution in [3.63, 3.8) is 0 Å². The van der Waals surface area contributed by atoms with Gasteiger partial charge in [-0.3, -0.25) is 14.5 Å². The Kier molecular flexibility index (Phi) is 5.96. The molecular weight excluding hydrogens is 400 g/mol. The van der Waals surface area contributed by atoms with Crippen LogP contribution in [0.2, 0.25) is 0 Å². The predicted octanol–water partition coefficient (Wildman–Crippen LogP) is 3.42. The first kappa shape index (κ1) is 20.3. The summed E-state index contributed by atoms with van der Waals surface area (Å²) in [5, 5.41) is 5.45. The molecule has 0 atom stereocenters. The molecule has 2 amide bonds. The molecule has 3 heterocycles. The van der Waals surface area contributed by atoms with Gasteiger partial charge in [-0.1, -0.05) is 12.1 Å². The first-order valence-electron chi connectivity index (χ1n) is 9.88. The Labute approximate surface area is 179 Å². The van der Waals surface area contributed by atoms with Crippen LogP contribution < -0.4 is 5.32 Å². The molecule has 30 heavy (non-hydrogen) atoms. The maximum atomic E-state index is 12.4. The number of thiazole rings is 1. The molecule has 0 bridgehead atoms. The first-order valence-corrected chi connectivity index (χ1v) is 10.8. The number of rotatable bonds is 5. The standard InChI is InChI=1S/C22H24N4O3S/c1-15-5-6-17(12-16(15)2)18-14-30-22(23-18)24-20(27)13-25-7-9-26(10-8-25)21(28)19-4-3-11-29-19/h3-6,11-12,14H,7-10,13H2,1-2H3,(H,23,24,27). The third-order valence-electron chi connectivity index (χ3n) is 5.31. The van der Waals surface area contributed by atoms with Crippen molar-refractivity contribution in [1.82, 2.24) is 14.8 Å². The second kappa shape index (κ2) is 8.81. The van der Waals surface area contributed by atoms with Crippen molar-refractivity contribution in [3.05, 3.63) is 58.9 Å². The molecule has 0 aliphatic carbocycles. The number of anilines is 1. The lowest BCUT2D eigenvalue weighted by molar-refractivity contribution is -0.117. The Bertz CT molecular complexity index is 1040. The summed E-state index contributed by atoms with van der Waals surface area (Å²) in [5.41, 5.74) is 4.37. The van der Waals surface area contributed by atoms with Gasteiger partial charge >= 0.3 is 0 Å². The summed E-state index contributed by atoms with van der Waals surface area (Å²) < 4.78 is 5.18. The van der Waals surface area contributed by atoms with Crippen LogP contribution in [0.1, 0.15) is 21.7 Å². The molecule has 8 heteroatoms. The molecule has 1 fully saturated rings. The van der Waals surface area contributed by atoms with Crippen LogP contribution in [-0.2, 0) is 4.79 Å². The number of amides is 2. The van der Waals surface area contributed by atoms with Crippen molar-refractivity contribution in [2.75, 3.05) is 38.0 Å². The smallest absolute Gasteiger partial charge is 0.289 e. The quantitative estimate of drug-likeness (QED) is 0.679. The van der Waals surface area contributed by atoms with Crippen LogP contribution in [-0.4, -0.2) is 59.3 Å². The molecule has 0 saturated carbocycles. The third kappa shape index (κ3) is 4.60. The van der Waals surface area contributed by atoms with Gasteiger partial charge in [-0.05, 0) is 43.2 Å². The van der Waals surface area contributed by atoms with E-state index in [-0.39, 0.29) is 18.4 Å². The van der Waals surface area contributed by atoms with Crippen molar-refractivity contribution in [2.24, 2.45) is 0 Å². The van der Waals surface area contributed by atoms with Gasteiger partial charge in [0, 0.05) is 37.1 Å². The van der Waals surface area contributed by atoms with E-state index in [1.54, 1.807) is 17.0 Å². The van der Waals surface area contributed by atoms with Crippen molar-refractivity contribution in [2.45, 2.75) is 13.8 Å². The molecule has 1 aromatic carbocycles. The Morgan fingerprint density at radius 2 is 1.93 bits per heavy atom. The zero-order valence-electron chi connectivity index (χ0n) is 17.1. The lowest BCUT2D eigenvalue weighted by Crippen LogP contribution is -2.50. The van der Waals surface area contributed by atoms with Gasteiger partial charge in [0.15, 0.2) is 10.9 Å². The maximum absolute atomic E-state index is 12.4. The van der Waals surface area contributed by atoms with Gasteiger partial charge in [-0.15, -0.1) is 11.3 Å². The molecule has 1 N–H and O–H groups in total. The molecule has 3 aromatic rings. The summed E-state index contributed by atoms with van der Waals surface area (Å²) in [6, 6.07) is 9.62. The summed E-state index contributed by atoms with van der Waals surface area (Å²) in [6.07, 6.45) is 1.50. The normalized spacial score (nSPS) is 14.7. The van der Waals surface area contributed by atoms with Crippen LogP contribution in [0.15, 0.2) is 46.4 Å². The summed E-state index contributed by atoms with van der Waals surface area (Å²) in [6.45, 7) is 6.87. The first-order chi connectivity index (χ1) is 14.5. The minimum Gasteiger partial charge on any atom is -0.459 e. The van der Waals surface area contributed by atoms with Crippen LogP contribution in [0.4, 0.5) is 5.13 Å². The fourth-order valence-electron chi connectivity index (χ4n) is 3.39. The number of aromatic nitrogens is 1. The molecule has 1 aliphatic rings. The fourth-order valence-corrected chi connectivity index (χ4v) is 4.13. The van der Waals surface area contributed by atoms with Crippen LogP contribution >= 0.6 is 11.3 Å². The van der Waals surface area contributed by atoms with E-state index in [0.717, 1.165) is 11.3 Å². The number of nitrogens with zero attached hydrogens (tertiary/aromatic N) is 3. The van der Waals surface area contributed by atoms with E-state index < -0.39 is 0 Å². The van der Waals surface area contributed by atoms with Crippen molar-refractivity contribution in [3.8, 4) is 11.3 Å². The molecular formula is C22H24N4O3S. The van der Waals surface area contributed by atoms with Gasteiger partial charge in [0.1, 0.15) is 0 Å². The number of benzene rings is 1. The van der Waals surface area contributed by atoms with Gasteiger partial charge < -0.3 is 14.6 Å². The van der Waals surface area contributed by atoms with E-state index in [1.807, 2.05) is 16.3 Å². The largest absolute Gasteiger partial charge is 0.459 e. The third-order valence-corrected chi connectivity index (χ3v) is 6.07. The molecule has 0 radical (unpaired) electrons. The molecule has 4 rings (SSSR count). The Morgan fingerprint density at radius 3 is 2.63 bits per heavy atom. The van der Waals surface area contributed by atoms with E-state index in [0.29, 0.717) is 37.1 Å². The highest BCUT2D eigenvalue weighted by Crippen LogP contribution is 2.26. The van der Waals surface area contributed by atoms with Crippen LogP contribution in [0, 0.1) is 13.8 Å².